The molecular formula is C4H9ClS. The molecule has 38 valence electrons. The Morgan fingerprint density at radius 3 is 2.17 bits per heavy atom. The summed E-state index contributed by atoms with van der Waals surface area (Å²) in [6, 6.07) is 0. The molecule has 0 fully saturated rings. The molecule has 0 nitrogen and oxygen atoms in total. The smallest absolute Gasteiger partial charge is 0.0223 e. The maximum absolute atomic E-state index is 5.35. The van der Waals surface area contributed by atoms with Crippen LogP contribution in [0.2, 0.25) is 0 Å². The molecule has 0 aliphatic carbocycles. The van der Waals surface area contributed by atoms with Gasteiger partial charge in [-0.25, -0.2) is 0 Å². The lowest BCUT2D eigenvalue weighted by Crippen LogP contribution is -1.74. The number of alkyl halides is 1. The third-order valence-corrected chi connectivity index (χ3v) is 1.13. The number of hydrogen-bond donors (Lipinski definition) is 1. The molecule has 0 aromatic carbocycles. The van der Waals surface area contributed by atoms with Crippen LogP contribution in [0.15, 0.2) is 0 Å². The number of halogens is 1. The van der Waals surface area contributed by atoms with Crippen molar-refractivity contribution in [3.05, 3.63) is 0 Å². The molecule has 6 heavy (non-hydrogen) atoms. The highest BCUT2D eigenvalue weighted by atomic mass is 35.5. The molecule has 0 amide bonds. The van der Waals surface area contributed by atoms with Gasteiger partial charge < -0.3 is 0 Å². The first kappa shape index (κ1) is 6.64. The third-order valence-electron chi connectivity index (χ3n) is 0.542. The van der Waals surface area contributed by atoms with Gasteiger partial charge in [0, 0.05) is 5.88 Å². The van der Waals surface area contributed by atoms with Crippen molar-refractivity contribution < 1.29 is 0 Å². The number of unbranched alkanes of at least 4 members (excludes halogenated alkanes) is 1. The predicted molar refractivity (Wildman–Crippen MR) is 33.8 cm³/mol. The summed E-state index contributed by atoms with van der Waals surface area (Å²) in [5.74, 6) is 1.74. The molecule has 0 heterocycles. The Morgan fingerprint density at radius 2 is 2.00 bits per heavy atom. The van der Waals surface area contributed by atoms with Gasteiger partial charge in [0.15, 0.2) is 0 Å². The second-order valence-corrected chi connectivity index (χ2v) is 1.94. The SMILES string of the molecule is SCCCCCl. The van der Waals surface area contributed by atoms with E-state index in [9.17, 15) is 0 Å². The van der Waals surface area contributed by atoms with Gasteiger partial charge in [0.2, 0.25) is 0 Å². The van der Waals surface area contributed by atoms with Crippen LogP contribution >= 0.6 is 24.2 Å². The van der Waals surface area contributed by atoms with Crippen LogP contribution < -0.4 is 0 Å². The summed E-state index contributed by atoms with van der Waals surface area (Å²) >= 11 is 9.34. The predicted octanol–water partition coefficient (Wildman–Crippen LogP) is 1.94. The van der Waals surface area contributed by atoms with E-state index in [1.165, 1.54) is 0 Å². The topological polar surface area (TPSA) is 0 Å². The van der Waals surface area contributed by atoms with E-state index in [1.807, 2.05) is 0 Å². The van der Waals surface area contributed by atoms with Gasteiger partial charge in [-0.3, -0.25) is 0 Å². The second-order valence-electron chi connectivity index (χ2n) is 1.12. The van der Waals surface area contributed by atoms with Gasteiger partial charge >= 0.3 is 0 Å². The first-order valence-electron chi connectivity index (χ1n) is 2.08. The molecule has 0 saturated carbocycles. The minimum atomic E-state index is 0.778. The van der Waals surface area contributed by atoms with Crippen LogP contribution in [-0.4, -0.2) is 11.6 Å². The molecule has 0 aliphatic rings. The quantitative estimate of drug-likeness (QED) is 0.332. The van der Waals surface area contributed by atoms with E-state index in [0.29, 0.717) is 0 Å². The summed E-state index contributed by atoms with van der Waals surface area (Å²) < 4.78 is 0. The zero-order valence-electron chi connectivity index (χ0n) is 3.65. The largest absolute Gasteiger partial charge is 0.179 e. The van der Waals surface area contributed by atoms with Gasteiger partial charge in [0.05, 0.1) is 0 Å². The fraction of sp³-hybridized carbons (Fsp3) is 1.00. The summed E-state index contributed by atoms with van der Waals surface area (Å²) in [5, 5.41) is 0. The van der Waals surface area contributed by atoms with E-state index in [4.69, 9.17) is 11.6 Å². The van der Waals surface area contributed by atoms with Crippen LogP contribution in [0.4, 0.5) is 0 Å². The normalized spacial score (nSPS) is 9.00. The van der Waals surface area contributed by atoms with Gasteiger partial charge in [0.25, 0.3) is 0 Å². The zero-order valence-corrected chi connectivity index (χ0v) is 5.30. The Bertz CT molecular complexity index is 19.5. The van der Waals surface area contributed by atoms with Crippen molar-refractivity contribution in [3.8, 4) is 0 Å². The molecular weight excluding hydrogens is 116 g/mol. The standard InChI is InChI=1S/C4H9ClS/c5-3-1-2-4-6/h6H,1-4H2. The van der Waals surface area contributed by atoms with Crippen LogP contribution in [0, 0.1) is 0 Å². The van der Waals surface area contributed by atoms with Gasteiger partial charge in [-0.05, 0) is 18.6 Å². The van der Waals surface area contributed by atoms with E-state index in [-0.39, 0.29) is 0 Å². The molecule has 0 spiro atoms. The monoisotopic (exact) mass is 124 g/mol. The second kappa shape index (κ2) is 5.64. The molecule has 0 bridgehead atoms. The van der Waals surface area contributed by atoms with Crippen molar-refractivity contribution in [3.63, 3.8) is 0 Å². The van der Waals surface area contributed by atoms with Crippen molar-refractivity contribution in [2.45, 2.75) is 12.8 Å². The maximum atomic E-state index is 5.35. The third kappa shape index (κ3) is 4.64. The van der Waals surface area contributed by atoms with E-state index < -0.39 is 0 Å². The average Bonchev–Trinajstić information content (AvgIpc) is 1.61. The highest BCUT2D eigenvalue weighted by Gasteiger charge is 1.77. The first-order valence-corrected chi connectivity index (χ1v) is 3.25. The van der Waals surface area contributed by atoms with Crippen LogP contribution in [0.5, 0.6) is 0 Å². The molecule has 0 radical (unpaired) electrons. The van der Waals surface area contributed by atoms with Crippen LogP contribution in [0.25, 0.3) is 0 Å². The Labute approximate surface area is 49.3 Å². The van der Waals surface area contributed by atoms with Crippen LogP contribution in [-0.2, 0) is 0 Å². The molecule has 0 aromatic heterocycles. The number of hydrogen-bond acceptors (Lipinski definition) is 1. The Morgan fingerprint density at radius 1 is 1.33 bits per heavy atom. The Kier molecular flexibility index (Phi) is 6.24. The summed E-state index contributed by atoms with van der Waals surface area (Å²) in [6.45, 7) is 0. The van der Waals surface area contributed by atoms with E-state index in [1.54, 1.807) is 0 Å². The van der Waals surface area contributed by atoms with E-state index >= 15 is 0 Å². The molecule has 0 N–H and O–H groups in total. The maximum Gasteiger partial charge on any atom is 0.0223 e. The van der Waals surface area contributed by atoms with E-state index in [2.05, 4.69) is 12.6 Å². The Hall–Kier alpha value is 0.640. The van der Waals surface area contributed by atoms with Crippen molar-refractivity contribution in [1.29, 1.82) is 0 Å². The molecule has 0 unspecified atom stereocenters. The van der Waals surface area contributed by atoms with Crippen molar-refractivity contribution >= 4 is 24.2 Å². The average molecular weight is 125 g/mol. The number of thiol groups is 1. The first-order chi connectivity index (χ1) is 2.91. The fourth-order valence-electron chi connectivity index (χ4n) is 0.206. The summed E-state index contributed by atoms with van der Waals surface area (Å²) in [7, 11) is 0. The van der Waals surface area contributed by atoms with Gasteiger partial charge in [-0.2, -0.15) is 12.6 Å². The van der Waals surface area contributed by atoms with Crippen LogP contribution in [0.3, 0.4) is 0 Å². The molecule has 2 heteroatoms. The van der Waals surface area contributed by atoms with Crippen molar-refractivity contribution in [1.82, 2.24) is 0 Å². The van der Waals surface area contributed by atoms with Crippen molar-refractivity contribution in [2.75, 3.05) is 11.6 Å². The summed E-state index contributed by atoms with van der Waals surface area (Å²) in [5.41, 5.74) is 0. The van der Waals surface area contributed by atoms with Crippen LogP contribution in [0.1, 0.15) is 12.8 Å². The van der Waals surface area contributed by atoms with Gasteiger partial charge in [-0.15, -0.1) is 11.6 Å². The fourth-order valence-corrected chi connectivity index (χ4v) is 0.619. The zero-order chi connectivity index (χ0) is 4.83. The Balaban J connectivity index is 2.34. The van der Waals surface area contributed by atoms with Crippen molar-refractivity contribution in [2.24, 2.45) is 0 Å². The van der Waals surface area contributed by atoms with E-state index in [0.717, 1.165) is 24.5 Å². The number of rotatable bonds is 3. The molecule has 0 atom stereocenters. The highest BCUT2D eigenvalue weighted by molar-refractivity contribution is 7.80. The minimum absolute atomic E-state index is 0.778. The van der Waals surface area contributed by atoms with Gasteiger partial charge in [-0.1, -0.05) is 0 Å². The minimum Gasteiger partial charge on any atom is -0.179 e. The lowest BCUT2D eigenvalue weighted by atomic mass is 10.4. The summed E-state index contributed by atoms with van der Waals surface area (Å²) in [6.07, 6.45) is 2.25. The lowest BCUT2D eigenvalue weighted by Gasteiger charge is -1.84. The highest BCUT2D eigenvalue weighted by Crippen LogP contribution is 1.91. The molecule has 0 rings (SSSR count). The molecule has 0 aromatic rings. The summed E-state index contributed by atoms with van der Waals surface area (Å²) in [4.78, 5) is 0. The molecule has 0 aliphatic heterocycles. The van der Waals surface area contributed by atoms with Gasteiger partial charge in [0.1, 0.15) is 0 Å². The molecule has 0 saturated heterocycles. The lowest BCUT2D eigenvalue weighted by molar-refractivity contribution is 0.906.